The highest BCUT2D eigenvalue weighted by atomic mass is 19.1. The molecule has 1 N–H and O–H groups in total. The molecule has 0 radical (unpaired) electrons. The second-order valence-electron chi connectivity index (χ2n) is 5.65. The van der Waals surface area contributed by atoms with E-state index in [4.69, 9.17) is 4.74 Å². The average molecular weight is 263 g/mol. The van der Waals surface area contributed by atoms with Crippen LogP contribution in [0.15, 0.2) is 24.3 Å². The highest BCUT2D eigenvalue weighted by molar-refractivity contribution is 5.86. The number of esters is 1. The number of carbonyl (C=O) groups excluding carboxylic acids is 1. The molecule has 0 amide bonds. The van der Waals surface area contributed by atoms with E-state index in [0.29, 0.717) is 11.6 Å². The zero-order valence-corrected chi connectivity index (χ0v) is 11.0. The van der Waals surface area contributed by atoms with Crippen LogP contribution in [0, 0.1) is 17.7 Å². The molecule has 4 heteroatoms. The van der Waals surface area contributed by atoms with Gasteiger partial charge in [0.2, 0.25) is 0 Å². The number of hydrogen-bond acceptors (Lipinski definition) is 3. The van der Waals surface area contributed by atoms with E-state index in [2.05, 4.69) is 5.32 Å². The van der Waals surface area contributed by atoms with Gasteiger partial charge in [0.1, 0.15) is 11.4 Å². The molecule has 3 unspecified atom stereocenters. The summed E-state index contributed by atoms with van der Waals surface area (Å²) in [5.74, 6) is 0.226. The van der Waals surface area contributed by atoms with Crippen molar-refractivity contribution in [2.24, 2.45) is 11.8 Å². The molecule has 2 aliphatic carbocycles. The van der Waals surface area contributed by atoms with Crippen molar-refractivity contribution in [3.63, 3.8) is 0 Å². The van der Waals surface area contributed by atoms with Crippen molar-refractivity contribution in [3.8, 4) is 0 Å². The van der Waals surface area contributed by atoms with Crippen LogP contribution in [0.2, 0.25) is 0 Å². The van der Waals surface area contributed by atoms with E-state index >= 15 is 0 Å². The zero-order chi connectivity index (χ0) is 13.5. The van der Waals surface area contributed by atoms with Gasteiger partial charge in [-0.3, -0.25) is 0 Å². The number of hydrogen-bond donors (Lipinski definition) is 1. The van der Waals surface area contributed by atoms with E-state index < -0.39 is 5.54 Å². The van der Waals surface area contributed by atoms with Crippen molar-refractivity contribution in [1.82, 2.24) is 0 Å². The van der Waals surface area contributed by atoms with Crippen molar-refractivity contribution in [2.45, 2.75) is 31.2 Å². The number of anilines is 1. The standard InChI is InChI=1S/C15H18FNO2/c1-19-14(18)15(9-10-6-7-11(15)8-10)17-13-5-3-2-4-12(13)16/h2-5,10-11,17H,6-9H2,1H3. The Kier molecular flexibility index (Phi) is 2.96. The molecule has 0 heterocycles. The molecule has 2 saturated carbocycles. The molecule has 2 aliphatic rings. The first-order valence-corrected chi connectivity index (χ1v) is 6.77. The van der Waals surface area contributed by atoms with Gasteiger partial charge in [0, 0.05) is 0 Å². The Hall–Kier alpha value is -1.58. The number of rotatable bonds is 3. The molecule has 19 heavy (non-hydrogen) atoms. The fourth-order valence-corrected chi connectivity index (χ4v) is 3.77. The Morgan fingerprint density at radius 3 is 2.79 bits per heavy atom. The lowest BCUT2D eigenvalue weighted by Crippen LogP contribution is -2.51. The Bertz CT molecular complexity index is 505. The fourth-order valence-electron chi connectivity index (χ4n) is 3.77. The first kappa shape index (κ1) is 12.5. The van der Waals surface area contributed by atoms with Gasteiger partial charge in [0.15, 0.2) is 0 Å². The molecule has 1 aromatic rings. The maximum Gasteiger partial charge on any atom is 0.331 e. The van der Waals surface area contributed by atoms with E-state index in [-0.39, 0.29) is 17.7 Å². The van der Waals surface area contributed by atoms with Crippen LogP contribution in [0.3, 0.4) is 0 Å². The summed E-state index contributed by atoms with van der Waals surface area (Å²) in [5, 5.41) is 3.16. The largest absolute Gasteiger partial charge is 0.467 e. The van der Waals surface area contributed by atoms with Crippen molar-refractivity contribution in [3.05, 3.63) is 30.1 Å². The Labute approximate surface area is 112 Å². The third-order valence-corrected chi connectivity index (χ3v) is 4.63. The summed E-state index contributed by atoms with van der Waals surface area (Å²) < 4.78 is 18.8. The van der Waals surface area contributed by atoms with Crippen LogP contribution in [0.4, 0.5) is 10.1 Å². The third-order valence-electron chi connectivity index (χ3n) is 4.63. The zero-order valence-electron chi connectivity index (χ0n) is 11.0. The van der Waals surface area contributed by atoms with Gasteiger partial charge >= 0.3 is 5.97 Å². The van der Waals surface area contributed by atoms with Gasteiger partial charge in [-0.05, 0) is 49.7 Å². The summed E-state index contributed by atoms with van der Waals surface area (Å²) in [6.45, 7) is 0. The van der Waals surface area contributed by atoms with Gasteiger partial charge in [-0.2, -0.15) is 0 Å². The van der Waals surface area contributed by atoms with E-state index in [9.17, 15) is 9.18 Å². The molecule has 3 rings (SSSR count). The SMILES string of the molecule is COC(=O)C1(Nc2ccccc2F)CC2CCC1C2. The van der Waals surface area contributed by atoms with Crippen molar-refractivity contribution in [1.29, 1.82) is 0 Å². The Morgan fingerprint density at radius 2 is 2.21 bits per heavy atom. The van der Waals surface area contributed by atoms with Crippen LogP contribution in [0.25, 0.3) is 0 Å². The topological polar surface area (TPSA) is 38.3 Å². The van der Waals surface area contributed by atoms with E-state index in [0.717, 1.165) is 19.3 Å². The second kappa shape index (κ2) is 4.51. The lowest BCUT2D eigenvalue weighted by molar-refractivity contribution is -0.148. The van der Waals surface area contributed by atoms with Gasteiger partial charge in [-0.25, -0.2) is 9.18 Å². The van der Waals surface area contributed by atoms with Gasteiger partial charge in [-0.15, -0.1) is 0 Å². The van der Waals surface area contributed by atoms with Crippen LogP contribution in [-0.4, -0.2) is 18.6 Å². The number of carbonyl (C=O) groups is 1. The minimum atomic E-state index is -0.736. The summed E-state index contributed by atoms with van der Waals surface area (Å²) >= 11 is 0. The summed E-state index contributed by atoms with van der Waals surface area (Å²) in [5.41, 5.74) is -0.347. The van der Waals surface area contributed by atoms with Gasteiger partial charge in [-0.1, -0.05) is 12.1 Å². The molecule has 0 aliphatic heterocycles. The number of halogens is 1. The quantitative estimate of drug-likeness (QED) is 0.852. The van der Waals surface area contributed by atoms with E-state index in [1.54, 1.807) is 18.2 Å². The lowest BCUT2D eigenvalue weighted by atomic mass is 9.80. The molecular formula is C15H18FNO2. The predicted octanol–water partition coefficient (Wildman–Crippen LogP) is 2.97. The number of ether oxygens (including phenoxy) is 1. The molecule has 1 aromatic carbocycles. The minimum Gasteiger partial charge on any atom is -0.467 e. The summed E-state index contributed by atoms with van der Waals surface area (Å²) in [6.07, 6.45) is 3.97. The maximum absolute atomic E-state index is 13.8. The van der Waals surface area contributed by atoms with Crippen molar-refractivity contribution in [2.75, 3.05) is 12.4 Å². The van der Waals surface area contributed by atoms with Crippen molar-refractivity contribution < 1.29 is 13.9 Å². The monoisotopic (exact) mass is 263 g/mol. The number of para-hydroxylation sites is 1. The molecule has 3 nitrogen and oxygen atoms in total. The van der Waals surface area contributed by atoms with Gasteiger partial charge in [0.05, 0.1) is 12.8 Å². The smallest absolute Gasteiger partial charge is 0.331 e. The molecule has 0 saturated heterocycles. The summed E-state index contributed by atoms with van der Waals surface area (Å²) in [6, 6.07) is 6.49. The fraction of sp³-hybridized carbons (Fsp3) is 0.533. The lowest BCUT2D eigenvalue weighted by Gasteiger charge is -2.36. The molecule has 3 atom stereocenters. The predicted molar refractivity (Wildman–Crippen MR) is 70.2 cm³/mol. The molecule has 2 fully saturated rings. The van der Waals surface area contributed by atoms with Crippen LogP contribution in [0.1, 0.15) is 25.7 Å². The highest BCUT2D eigenvalue weighted by Crippen LogP contribution is 2.52. The number of methoxy groups -OCH3 is 1. The average Bonchev–Trinajstić information content (AvgIpc) is 3.01. The number of nitrogens with one attached hydrogen (secondary N) is 1. The number of fused-ring (bicyclic) bond motifs is 2. The van der Waals surface area contributed by atoms with Crippen LogP contribution >= 0.6 is 0 Å². The van der Waals surface area contributed by atoms with Crippen LogP contribution in [0.5, 0.6) is 0 Å². The molecule has 0 aromatic heterocycles. The third kappa shape index (κ3) is 1.90. The second-order valence-corrected chi connectivity index (χ2v) is 5.65. The Morgan fingerprint density at radius 1 is 1.42 bits per heavy atom. The van der Waals surface area contributed by atoms with Gasteiger partial charge < -0.3 is 10.1 Å². The summed E-state index contributed by atoms with van der Waals surface area (Å²) in [7, 11) is 1.40. The first-order valence-electron chi connectivity index (χ1n) is 6.77. The normalized spacial score (nSPS) is 32.3. The maximum atomic E-state index is 13.8. The van der Waals surface area contributed by atoms with Gasteiger partial charge in [0.25, 0.3) is 0 Å². The van der Waals surface area contributed by atoms with Crippen LogP contribution < -0.4 is 5.32 Å². The molecule has 102 valence electrons. The summed E-state index contributed by atoms with van der Waals surface area (Å²) in [4.78, 5) is 12.2. The molecule has 0 spiro atoms. The number of benzene rings is 1. The van der Waals surface area contributed by atoms with E-state index in [1.165, 1.54) is 19.6 Å². The Balaban J connectivity index is 1.93. The first-order chi connectivity index (χ1) is 9.15. The molecule has 2 bridgehead atoms. The molecular weight excluding hydrogens is 245 g/mol. The highest BCUT2D eigenvalue weighted by Gasteiger charge is 2.56. The minimum absolute atomic E-state index is 0.254. The van der Waals surface area contributed by atoms with E-state index in [1.807, 2.05) is 0 Å². The van der Waals surface area contributed by atoms with Crippen molar-refractivity contribution >= 4 is 11.7 Å². The van der Waals surface area contributed by atoms with Crippen LogP contribution in [-0.2, 0) is 9.53 Å².